The van der Waals surface area contributed by atoms with Crippen molar-refractivity contribution in [3.05, 3.63) is 46.8 Å². The average Bonchev–Trinajstić information content (AvgIpc) is 3.44. The zero-order chi connectivity index (χ0) is 21.3. The highest BCUT2D eigenvalue weighted by atomic mass is 32.2. The Morgan fingerprint density at radius 1 is 1.07 bits per heavy atom. The van der Waals surface area contributed by atoms with Crippen LogP contribution in [0.2, 0.25) is 0 Å². The number of rotatable bonds is 6. The standard InChI is InChI=1S/C21H25N3O4S2/c1-14-4-11-19(29-14)30(27,28)24-12-2-3-16(13-24)21(26)23-17-7-5-15(6-8-17)20(25)22-18-9-10-18/h4-8,11,16,18H,2-3,9-10,12-13H2,1H3,(H,22,25)(H,23,26). The monoisotopic (exact) mass is 447 g/mol. The number of piperidine rings is 1. The van der Waals surface area contributed by atoms with E-state index in [1.807, 2.05) is 6.92 Å². The number of thiophene rings is 1. The van der Waals surface area contributed by atoms with Crippen LogP contribution < -0.4 is 10.6 Å². The van der Waals surface area contributed by atoms with Crippen LogP contribution in [0.4, 0.5) is 5.69 Å². The van der Waals surface area contributed by atoms with Crippen LogP contribution in [-0.2, 0) is 14.8 Å². The van der Waals surface area contributed by atoms with E-state index < -0.39 is 15.9 Å². The van der Waals surface area contributed by atoms with E-state index >= 15 is 0 Å². The Balaban J connectivity index is 1.37. The van der Waals surface area contributed by atoms with Crippen molar-refractivity contribution < 1.29 is 18.0 Å². The molecule has 1 aliphatic carbocycles. The Hall–Kier alpha value is -2.23. The molecule has 30 heavy (non-hydrogen) atoms. The maximum atomic E-state index is 12.9. The molecule has 1 aliphatic heterocycles. The minimum atomic E-state index is -3.57. The molecule has 2 aliphatic rings. The molecular formula is C21H25N3O4S2. The van der Waals surface area contributed by atoms with E-state index in [0.29, 0.717) is 40.9 Å². The summed E-state index contributed by atoms with van der Waals surface area (Å²) < 4.78 is 27.5. The minimum Gasteiger partial charge on any atom is -0.349 e. The fourth-order valence-electron chi connectivity index (χ4n) is 3.50. The molecule has 2 N–H and O–H groups in total. The number of hydrogen-bond donors (Lipinski definition) is 2. The molecule has 0 spiro atoms. The highest BCUT2D eigenvalue weighted by molar-refractivity contribution is 7.91. The van der Waals surface area contributed by atoms with Gasteiger partial charge in [-0.25, -0.2) is 8.42 Å². The van der Waals surface area contributed by atoms with Crippen molar-refractivity contribution in [1.82, 2.24) is 9.62 Å². The highest BCUT2D eigenvalue weighted by Crippen LogP contribution is 2.28. The molecule has 1 saturated heterocycles. The Kier molecular flexibility index (Phi) is 5.95. The first-order chi connectivity index (χ1) is 14.3. The van der Waals surface area contributed by atoms with Crippen molar-refractivity contribution in [2.75, 3.05) is 18.4 Å². The van der Waals surface area contributed by atoms with Gasteiger partial charge in [-0.3, -0.25) is 9.59 Å². The van der Waals surface area contributed by atoms with Gasteiger partial charge in [0.1, 0.15) is 4.21 Å². The van der Waals surface area contributed by atoms with Crippen molar-refractivity contribution in [2.45, 2.75) is 42.9 Å². The molecule has 0 bridgehead atoms. The summed E-state index contributed by atoms with van der Waals surface area (Å²) in [5.41, 5.74) is 1.15. The van der Waals surface area contributed by atoms with Gasteiger partial charge in [0.2, 0.25) is 5.91 Å². The number of nitrogens with one attached hydrogen (secondary N) is 2. The third-order valence-electron chi connectivity index (χ3n) is 5.39. The van der Waals surface area contributed by atoms with E-state index in [2.05, 4.69) is 10.6 Å². The van der Waals surface area contributed by atoms with E-state index in [1.165, 1.54) is 15.6 Å². The number of benzene rings is 1. The number of hydrogen-bond acceptors (Lipinski definition) is 5. The summed E-state index contributed by atoms with van der Waals surface area (Å²) in [4.78, 5) is 25.7. The van der Waals surface area contributed by atoms with E-state index in [9.17, 15) is 18.0 Å². The topological polar surface area (TPSA) is 95.6 Å². The van der Waals surface area contributed by atoms with Gasteiger partial charge in [0, 0.05) is 35.3 Å². The number of anilines is 1. The van der Waals surface area contributed by atoms with Crippen LogP contribution in [0.15, 0.2) is 40.6 Å². The third-order valence-corrected chi connectivity index (χ3v) is 8.73. The maximum absolute atomic E-state index is 12.9. The third kappa shape index (κ3) is 4.74. The quantitative estimate of drug-likeness (QED) is 0.712. The summed E-state index contributed by atoms with van der Waals surface area (Å²) in [5.74, 6) is -0.716. The average molecular weight is 448 g/mol. The van der Waals surface area contributed by atoms with Crippen molar-refractivity contribution in [3.63, 3.8) is 0 Å². The van der Waals surface area contributed by atoms with Gasteiger partial charge in [-0.05, 0) is 69.0 Å². The van der Waals surface area contributed by atoms with Crippen LogP contribution >= 0.6 is 11.3 Å². The number of amides is 2. The van der Waals surface area contributed by atoms with Gasteiger partial charge in [0.05, 0.1) is 5.92 Å². The lowest BCUT2D eigenvalue weighted by Crippen LogP contribution is -2.43. The van der Waals surface area contributed by atoms with Crippen LogP contribution in [0.1, 0.15) is 40.9 Å². The van der Waals surface area contributed by atoms with Crippen molar-refractivity contribution in [3.8, 4) is 0 Å². The number of aryl methyl sites for hydroxylation is 1. The van der Waals surface area contributed by atoms with Crippen molar-refractivity contribution in [2.24, 2.45) is 5.92 Å². The Bertz CT molecular complexity index is 1040. The molecule has 2 fully saturated rings. The molecule has 7 nitrogen and oxygen atoms in total. The molecule has 2 aromatic rings. The smallest absolute Gasteiger partial charge is 0.252 e. The second-order valence-corrected chi connectivity index (χ2v) is 11.3. The summed E-state index contributed by atoms with van der Waals surface area (Å²) in [7, 11) is -3.57. The zero-order valence-electron chi connectivity index (χ0n) is 16.8. The lowest BCUT2D eigenvalue weighted by Gasteiger charge is -2.30. The van der Waals surface area contributed by atoms with Gasteiger partial charge in [-0.2, -0.15) is 4.31 Å². The molecule has 1 aromatic carbocycles. The molecule has 4 rings (SSSR count). The fraction of sp³-hybridized carbons (Fsp3) is 0.429. The molecule has 2 amide bonds. The number of sulfonamides is 1. The summed E-state index contributed by atoms with van der Waals surface area (Å²) in [6.07, 6.45) is 3.34. The van der Waals surface area contributed by atoms with E-state index in [-0.39, 0.29) is 18.4 Å². The molecule has 160 valence electrons. The predicted octanol–water partition coefficient (Wildman–Crippen LogP) is 2.99. The Morgan fingerprint density at radius 3 is 2.43 bits per heavy atom. The Labute approximate surface area is 180 Å². The number of nitrogens with zero attached hydrogens (tertiary/aromatic N) is 1. The van der Waals surface area contributed by atoms with Crippen LogP contribution in [0.5, 0.6) is 0 Å². The van der Waals surface area contributed by atoms with Gasteiger partial charge in [-0.1, -0.05) is 0 Å². The van der Waals surface area contributed by atoms with Crippen molar-refractivity contribution in [1.29, 1.82) is 0 Å². The minimum absolute atomic E-state index is 0.104. The second-order valence-electron chi connectivity index (χ2n) is 7.88. The Morgan fingerprint density at radius 2 is 1.80 bits per heavy atom. The molecule has 1 atom stereocenters. The summed E-state index contributed by atoms with van der Waals surface area (Å²) in [5, 5.41) is 5.79. The van der Waals surface area contributed by atoms with Gasteiger partial charge in [-0.15, -0.1) is 11.3 Å². The van der Waals surface area contributed by atoms with E-state index in [4.69, 9.17) is 0 Å². The van der Waals surface area contributed by atoms with Gasteiger partial charge >= 0.3 is 0 Å². The van der Waals surface area contributed by atoms with Crippen LogP contribution in [0.25, 0.3) is 0 Å². The molecular weight excluding hydrogens is 422 g/mol. The summed E-state index contributed by atoms with van der Waals surface area (Å²) in [6, 6.07) is 10.5. The van der Waals surface area contributed by atoms with E-state index in [1.54, 1.807) is 36.4 Å². The van der Waals surface area contributed by atoms with E-state index in [0.717, 1.165) is 17.7 Å². The predicted molar refractivity (Wildman–Crippen MR) is 116 cm³/mol. The first-order valence-electron chi connectivity index (χ1n) is 10.1. The lowest BCUT2D eigenvalue weighted by molar-refractivity contribution is -0.120. The van der Waals surface area contributed by atoms with Crippen LogP contribution in [0.3, 0.4) is 0 Å². The fourth-order valence-corrected chi connectivity index (χ4v) is 6.46. The first kappa shape index (κ1) is 21.0. The van der Waals surface area contributed by atoms with Gasteiger partial charge in [0.25, 0.3) is 15.9 Å². The van der Waals surface area contributed by atoms with Gasteiger partial charge in [0.15, 0.2) is 0 Å². The molecule has 1 saturated carbocycles. The summed E-state index contributed by atoms with van der Waals surface area (Å²) in [6.45, 7) is 2.47. The van der Waals surface area contributed by atoms with Gasteiger partial charge < -0.3 is 10.6 Å². The molecule has 2 heterocycles. The highest BCUT2D eigenvalue weighted by Gasteiger charge is 2.34. The molecule has 1 unspecified atom stereocenters. The van der Waals surface area contributed by atoms with Crippen LogP contribution in [-0.4, -0.2) is 43.7 Å². The van der Waals surface area contributed by atoms with Crippen molar-refractivity contribution >= 4 is 38.9 Å². The molecule has 0 radical (unpaired) electrons. The number of carbonyl (C=O) groups is 2. The maximum Gasteiger partial charge on any atom is 0.252 e. The van der Waals surface area contributed by atoms with Crippen LogP contribution in [0, 0.1) is 12.8 Å². The second kappa shape index (κ2) is 8.49. The normalized spacial score (nSPS) is 20.0. The summed E-state index contributed by atoms with van der Waals surface area (Å²) >= 11 is 1.25. The molecule has 9 heteroatoms. The largest absolute Gasteiger partial charge is 0.349 e. The SMILES string of the molecule is Cc1ccc(S(=O)(=O)N2CCCC(C(=O)Nc3ccc(C(=O)NC4CC4)cc3)C2)s1. The number of carbonyl (C=O) groups excluding carboxylic acids is 2. The lowest BCUT2D eigenvalue weighted by atomic mass is 9.98. The zero-order valence-corrected chi connectivity index (χ0v) is 18.4. The first-order valence-corrected chi connectivity index (χ1v) is 12.4. The molecule has 1 aromatic heterocycles.